The van der Waals surface area contributed by atoms with Crippen LogP contribution in [0.25, 0.3) is 0 Å². The second kappa shape index (κ2) is 7.14. The molecule has 0 saturated heterocycles. The Morgan fingerprint density at radius 1 is 1.17 bits per heavy atom. The van der Waals surface area contributed by atoms with Crippen molar-refractivity contribution in [2.24, 2.45) is 0 Å². The van der Waals surface area contributed by atoms with Crippen molar-refractivity contribution < 1.29 is 8.42 Å². The van der Waals surface area contributed by atoms with Gasteiger partial charge in [-0.1, -0.05) is 41.9 Å². The first-order valence-electron chi connectivity index (χ1n) is 6.19. The molecule has 0 radical (unpaired) electrons. The summed E-state index contributed by atoms with van der Waals surface area (Å²) in [5, 5.41) is 0.827. The average Bonchev–Trinajstić information content (AvgIpc) is 2.38. The van der Waals surface area contributed by atoms with E-state index in [-0.39, 0.29) is 5.75 Å². The molecule has 0 aliphatic carbocycles. The van der Waals surface area contributed by atoms with Gasteiger partial charge in [0.2, 0.25) is 0 Å². The molecule has 0 N–H and O–H groups in total. The van der Waals surface area contributed by atoms with E-state index in [4.69, 9.17) is 0 Å². The molecule has 3 nitrogen and oxygen atoms in total. The molecule has 1 aromatic rings. The van der Waals surface area contributed by atoms with Gasteiger partial charge in [-0.05, 0) is 18.6 Å². The standard InChI is InChI=1S/C13H20BrNO2S/c1-3-10-15(11-9-14)12-7-5-6-8-13(12)18(16,17)4-2/h5-8H,3-4,9-11H2,1-2H3. The number of sulfone groups is 1. The molecule has 5 heteroatoms. The number of benzene rings is 1. The zero-order chi connectivity index (χ0) is 13.6. The van der Waals surface area contributed by atoms with Crippen molar-refractivity contribution in [2.75, 3.05) is 29.1 Å². The van der Waals surface area contributed by atoms with E-state index < -0.39 is 9.84 Å². The summed E-state index contributed by atoms with van der Waals surface area (Å²) in [6.07, 6.45) is 0.994. The van der Waals surface area contributed by atoms with E-state index in [0.717, 1.165) is 30.5 Å². The Bertz CT molecular complexity index is 468. The zero-order valence-corrected chi connectivity index (χ0v) is 13.3. The van der Waals surface area contributed by atoms with E-state index in [2.05, 4.69) is 27.8 Å². The topological polar surface area (TPSA) is 37.4 Å². The summed E-state index contributed by atoms with van der Waals surface area (Å²) in [4.78, 5) is 2.57. The van der Waals surface area contributed by atoms with Crippen LogP contribution in [-0.2, 0) is 9.84 Å². The molecule has 0 unspecified atom stereocenters. The Morgan fingerprint density at radius 2 is 1.83 bits per heavy atom. The van der Waals surface area contributed by atoms with Crippen LogP contribution in [-0.4, -0.2) is 32.6 Å². The lowest BCUT2D eigenvalue weighted by atomic mass is 10.2. The molecule has 1 aromatic carbocycles. The third-order valence-corrected chi connectivity index (χ3v) is 4.90. The summed E-state index contributed by atoms with van der Waals surface area (Å²) in [6, 6.07) is 7.26. The van der Waals surface area contributed by atoms with Gasteiger partial charge in [-0.3, -0.25) is 0 Å². The first kappa shape index (κ1) is 15.5. The first-order chi connectivity index (χ1) is 8.56. The molecule has 0 amide bonds. The average molecular weight is 334 g/mol. The largest absolute Gasteiger partial charge is 0.370 e. The lowest BCUT2D eigenvalue weighted by molar-refractivity contribution is 0.596. The maximum atomic E-state index is 12.1. The van der Waals surface area contributed by atoms with Gasteiger partial charge < -0.3 is 4.90 Å². The number of anilines is 1. The summed E-state index contributed by atoms with van der Waals surface area (Å²) in [6.45, 7) is 5.45. The highest BCUT2D eigenvalue weighted by atomic mass is 79.9. The molecule has 0 fully saturated rings. The molecule has 0 saturated carbocycles. The van der Waals surface area contributed by atoms with Crippen LogP contribution >= 0.6 is 15.9 Å². The monoisotopic (exact) mass is 333 g/mol. The van der Waals surface area contributed by atoms with Crippen molar-refractivity contribution >= 4 is 31.5 Å². The number of rotatable bonds is 7. The highest BCUT2D eigenvalue weighted by Crippen LogP contribution is 2.26. The van der Waals surface area contributed by atoms with Gasteiger partial charge >= 0.3 is 0 Å². The highest BCUT2D eigenvalue weighted by molar-refractivity contribution is 9.09. The van der Waals surface area contributed by atoms with Crippen LogP contribution in [0.3, 0.4) is 0 Å². The van der Waals surface area contributed by atoms with Crippen molar-refractivity contribution in [1.29, 1.82) is 0 Å². The van der Waals surface area contributed by atoms with E-state index in [1.165, 1.54) is 0 Å². The van der Waals surface area contributed by atoms with Crippen LogP contribution in [0.2, 0.25) is 0 Å². The number of para-hydroxylation sites is 1. The van der Waals surface area contributed by atoms with Gasteiger partial charge in [0.15, 0.2) is 9.84 Å². The highest BCUT2D eigenvalue weighted by Gasteiger charge is 2.19. The van der Waals surface area contributed by atoms with Gasteiger partial charge in [0.25, 0.3) is 0 Å². The van der Waals surface area contributed by atoms with E-state index >= 15 is 0 Å². The van der Waals surface area contributed by atoms with Crippen molar-refractivity contribution in [3.63, 3.8) is 0 Å². The molecular weight excluding hydrogens is 314 g/mol. The van der Waals surface area contributed by atoms with Crippen molar-refractivity contribution in [2.45, 2.75) is 25.2 Å². The molecule has 0 bridgehead atoms. The summed E-state index contributed by atoms with van der Waals surface area (Å²) in [5.41, 5.74) is 0.820. The second-order valence-corrected chi connectivity index (χ2v) is 7.09. The molecule has 1 rings (SSSR count). The quantitative estimate of drug-likeness (QED) is 0.719. The van der Waals surface area contributed by atoms with Crippen molar-refractivity contribution in [3.8, 4) is 0 Å². The number of alkyl halides is 1. The maximum Gasteiger partial charge on any atom is 0.180 e. The molecule has 0 atom stereocenters. The van der Waals surface area contributed by atoms with Crippen LogP contribution in [0.4, 0.5) is 5.69 Å². The Kier molecular flexibility index (Phi) is 6.15. The zero-order valence-electron chi connectivity index (χ0n) is 10.9. The van der Waals surface area contributed by atoms with Crippen molar-refractivity contribution in [3.05, 3.63) is 24.3 Å². The Labute approximate surface area is 118 Å². The minimum Gasteiger partial charge on any atom is -0.370 e. The fourth-order valence-electron chi connectivity index (χ4n) is 1.86. The Hall–Kier alpha value is -0.550. The van der Waals surface area contributed by atoms with Crippen molar-refractivity contribution in [1.82, 2.24) is 0 Å². The number of nitrogens with zero attached hydrogens (tertiary/aromatic N) is 1. The van der Waals surface area contributed by atoms with Gasteiger partial charge in [-0.15, -0.1) is 0 Å². The summed E-state index contributed by atoms with van der Waals surface area (Å²) in [5.74, 6) is 0.137. The van der Waals surface area contributed by atoms with Gasteiger partial charge in [0, 0.05) is 18.4 Å². The third kappa shape index (κ3) is 3.72. The number of halogens is 1. The van der Waals surface area contributed by atoms with Gasteiger partial charge in [0.05, 0.1) is 16.3 Å². The van der Waals surface area contributed by atoms with E-state index in [9.17, 15) is 8.42 Å². The molecule has 0 aromatic heterocycles. The predicted molar refractivity (Wildman–Crippen MR) is 80.5 cm³/mol. The normalized spacial score (nSPS) is 11.5. The summed E-state index contributed by atoms with van der Waals surface area (Å²) < 4.78 is 24.2. The van der Waals surface area contributed by atoms with Gasteiger partial charge in [-0.2, -0.15) is 0 Å². The molecule has 0 aliphatic rings. The number of hydrogen-bond acceptors (Lipinski definition) is 3. The van der Waals surface area contributed by atoms with Crippen LogP contribution in [0, 0.1) is 0 Å². The summed E-state index contributed by atoms with van der Waals surface area (Å²) in [7, 11) is -3.17. The SMILES string of the molecule is CCCN(CCBr)c1ccccc1S(=O)(=O)CC. The van der Waals surface area contributed by atoms with Crippen LogP contribution in [0.5, 0.6) is 0 Å². The first-order valence-corrected chi connectivity index (χ1v) is 8.96. The lowest BCUT2D eigenvalue weighted by Gasteiger charge is -2.25. The molecule has 18 heavy (non-hydrogen) atoms. The molecule has 0 spiro atoms. The predicted octanol–water partition coefficient (Wildman–Crippen LogP) is 3.09. The fraction of sp³-hybridized carbons (Fsp3) is 0.538. The fourth-order valence-corrected chi connectivity index (χ4v) is 3.40. The van der Waals surface area contributed by atoms with E-state index in [1.807, 2.05) is 12.1 Å². The molecule has 102 valence electrons. The Morgan fingerprint density at radius 3 is 2.39 bits per heavy atom. The smallest absolute Gasteiger partial charge is 0.180 e. The van der Waals surface area contributed by atoms with Gasteiger partial charge in [-0.25, -0.2) is 8.42 Å². The summed E-state index contributed by atoms with van der Waals surface area (Å²) >= 11 is 3.42. The minimum absolute atomic E-state index is 0.137. The van der Waals surface area contributed by atoms with Crippen LogP contribution in [0.15, 0.2) is 29.2 Å². The maximum absolute atomic E-state index is 12.1. The van der Waals surface area contributed by atoms with Gasteiger partial charge in [0.1, 0.15) is 0 Å². The molecular formula is C13H20BrNO2S. The molecule has 0 heterocycles. The van der Waals surface area contributed by atoms with Crippen LogP contribution in [0.1, 0.15) is 20.3 Å². The second-order valence-electron chi connectivity index (χ2n) is 4.05. The molecule has 0 aliphatic heterocycles. The minimum atomic E-state index is -3.17. The lowest BCUT2D eigenvalue weighted by Crippen LogP contribution is -2.28. The third-order valence-electron chi connectivity index (χ3n) is 2.77. The van der Waals surface area contributed by atoms with E-state index in [1.54, 1.807) is 19.1 Å². The number of hydrogen-bond donors (Lipinski definition) is 0. The Balaban J connectivity index is 3.22. The van der Waals surface area contributed by atoms with E-state index in [0.29, 0.717) is 4.90 Å². The van der Waals surface area contributed by atoms with Crippen LogP contribution < -0.4 is 4.90 Å².